The van der Waals surface area contributed by atoms with Crippen LogP contribution in [-0.4, -0.2) is 4.98 Å². The van der Waals surface area contributed by atoms with Crippen LogP contribution in [0.1, 0.15) is 85.7 Å². The lowest BCUT2D eigenvalue weighted by atomic mass is 9.81. The van der Waals surface area contributed by atoms with Crippen molar-refractivity contribution in [3.8, 4) is 22.4 Å². The zero-order valence-electron chi connectivity index (χ0n) is 28.7. The summed E-state index contributed by atoms with van der Waals surface area (Å²) in [4.78, 5) is 4.79. The molecule has 0 bridgehead atoms. The van der Waals surface area contributed by atoms with E-state index in [1.54, 1.807) is 6.20 Å². The summed E-state index contributed by atoms with van der Waals surface area (Å²) >= 11 is 0. The number of para-hydroxylation sites is 1. The Morgan fingerprint density at radius 2 is 1.35 bits per heavy atom. The number of aromatic nitrogens is 1. The summed E-state index contributed by atoms with van der Waals surface area (Å²) in [6, 6.07) is 29.8. The number of fused-ring (bicyclic) bond motifs is 6. The Hall–Kier alpha value is -4.43. The molecule has 2 nitrogen and oxygen atoms in total. The van der Waals surface area contributed by atoms with Gasteiger partial charge in [0.25, 0.3) is 0 Å². The molecule has 0 amide bonds. The highest BCUT2D eigenvalue weighted by Gasteiger charge is 2.22. The minimum atomic E-state index is -2.33. The molecular formula is C41H39NO. The molecule has 0 saturated carbocycles. The van der Waals surface area contributed by atoms with Crippen LogP contribution in [0.3, 0.4) is 0 Å². The summed E-state index contributed by atoms with van der Waals surface area (Å²) < 4.78 is 32.2. The molecule has 0 fully saturated rings. The van der Waals surface area contributed by atoms with Crippen molar-refractivity contribution in [1.29, 1.82) is 0 Å². The van der Waals surface area contributed by atoms with Gasteiger partial charge >= 0.3 is 0 Å². The van der Waals surface area contributed by atoms with E-state index in [9.17, 15) is 0 Å². The zero-order valence-corrected chi connectivity index (χ0v) is 25.7. The van der Waals surface area contributed by atoms with Crippen molar-refractivity contribution in [1.82, 2.24) is 4.98 Å². The first-order valence-corrected chi connectivity index (χ1v) is 15.4. The van der Waals surface area contributed by atoms with Crippen molar-refractivity contribution in [2.45, 2.75) is 66.1 Å². The third kappa shape index (κ3) is 4.52. The van der Waals surface area contributed by atoms with Gasteiger partial charge in [-0.05, 0) is 104 Å². The monoisotopic (exact) mass is 564 g/mol. The highest BCUT2D eigenvalue weighted by Crippen LogP contribution is 2.43. The van der Waals surface area contributed by atoms with Crippen molar-refractivity contribution < 1.29 is 8.53 Å². The second-order valence-corrected chi connectivity index (χ2v) is 12.8. The van der Waals surface area contributed by atoms with Crippen molar-refractivity contribution in [2.24, 2.45) is 0 Å². The molecule has 2 heteroatoms. The molecule has 2 heterocycles. The summed E-state index contributed by atoms with van der Waals surface area (Å²) in [6.45, 7) is 10.8. The fourth-order valence-electron chi connectivity index (χ4n) is 6.58. The van der Waals surface area contributed by atoms with Gasteiger partial charge < -0.3 is 4.42 Å². The minimum absolute atomic E-state index is 0.205. The van der Waals surface area contributed by atoms with Crippen LogP contribution in [0, 0.1) is 6.85 Å². The second kappa shape index (κ2) is 10.4. The SMILES string of the molecule is [2H]C([2H])([2H])c1cnc(-c2cccc3c2oc2cc4c(ccc5ccccc54)cc23)cc1-c1c(C(C)C)cc(C(C)C)cc1C(C)C. The Morgan fingerprint density at radius 1 is 0.628 bits per heavy atom. The molecule has 0 aliphatic carbocycles. The molecule has 0 spiro atoms. The van der Waals surface area contributed by atoms with Crippen LogP contribution in [0.2, 0.25) is 0 Å². The van der Waals surface area contributed by atoms with E-state index in [1.165, 1.54) is 27.5 Å². The Bertz CT molecular complexity index is 2260. The molecule has 0 saturated heterocycles. The largest absolute Gasteiger partial charge is 0.455 e. The first kappa shape index (κ1) is 24.1. The summed E-state index contributed by atoms with van der Waals surface area (Å²) in [5, 5.41) is 6.76. The highest BCUT2D eigenvalue weighted by atomic mass is 16.3. The van der Waals surface area contributed by atoms with Gasteiger partial charge in [0.1, 0.15) is 11.2 Å². The van der Waals surface area contributed by atoms with E-state index in [-0.39, 0.29) is 17.4 Å². The van der Waals surface area contributed by atoms with Crippen molar-refractivity contribution in [3.05, 3.63) is 113 Å². The number of aryl methyl sites for hydroxylation is 1. The number of hydrogen-bond acceptors (Lipinski definition) is 2. The van der Waals surface area contributed by atoms with Crippen LogP contribution in [0.5, 0.6) is 0 Å². The lowest BCUT2D eigenvalue weighted by Gasteiger charge is -2.24. The average molecular weight is 565 g/mol. The van der Waals surface area contributed by atoms with Crippen LogP contribution in [0.25, 0.3) is 65.9 Å². The number of nitrogens with zero attached hydrogens (tertiary/aromatic N) is 1. The average Bonchev–Trinajstić information content (AvgIpc) is 3.40. The molecule has 214 valence electrons. The second-order valence-electron chi connectivity index (χ2n) is 12.8. The maximum Gasteiger partial charge on any atom is 0.144 e. The predicted octanol–water partition coefficient (Wildman–Crippen LogP) is 12.3. The molecule has 5 aromatic carbocycles. The Morgan fingerprint density at radius 3 is 2.07 bits per heavy atom. The molecule has 43 heavy (non-hydrogen) atoms. The van der Waals surface area contributed by atoms with Gasteiger partial charge in [0, 0.05) is 26.6 Å². The molecule has 0 radical (unpaired) electrons. The third-order valence-corrected chi connectivity index (χ3v) is 8.94. The van der Waals surface area contributed by atoms with Crippen LogP contribution >= 0.6 is 0 Å². The Labute approximate surface area is 258 Å². The first-order chi connectivity index (χ1) is 21.9. The molecule has 0 atom stereocenters. The molecule has 0 N–H and O–H groups in total. The summed E-state index contributed by atoms with van der Waals surface area (Å²) in [7, 11) is 0. The maximum absolute atomic E-state index is 8.51. The lowest BCUT2D eigenvalue weighted by Crippen LogP contribution is -2.05. The van der Waals surface area contributed by atoms with E-state index in [2.05, 4.69) is 108 Å². The maximum atomic E-state index is 8.51. The van der Waals surface area contributed by atoms with E-state index in [0.717, 1.165) is 49.4 Å². The minimum Gasteiger partial charge on any atom is -0.455 e. The van der Waals surface area contributed by atoms with Gasteiger partial charge in [0.15, 0.2) is 0 Å². The van der Waals surface area contributed by atoms with E-state index < -0.39 is 6.85 Å². The number of rotatable bonds is 5. The van der Waals surface area contributed by atoms with Crippen LogP contribution in [-0.2, 0) is 0 Å². The first-order valence-electron chi connectivity index (χ1n) is 16.9. The zero-order chi connectivity index (χ0) is 32.5. The van der Waals surface area contributed by atoms with Crippen LogP contribution in [0.15, 0.2) is 95.5 Å². The predicted molar refractivity (Wildman–Crippen MR) is 184 cm³/mol. The number of benzene rings is 5. The van der Waals surface area contributed by atoms with Crippen molar-refractivity contribution in [2.75, 3.05) is 0 Å². The van der Waals surface area contributed by atoms with Gasteiger partial charge in [-0.1, -0.05) is 102 Å². The molecule has 0 aliphatic heterocycles. The molecule has 7 rings (SSSR count). The van der Waals surface area contributed by atoms with Crippen molar-refractivity contribution in [3.63, 3.8) is 0 Å². The van der Waals surface area contributed by atoms with Crippen molar-refractivity contribution >= 4 is 43.5 Å². The summed E-state index contributed by atoms with van der Waals surface area (Å²) in [6.07, 6.45) is 1.56. The number of furan rings is 1. The fraction of sp³-hybridized carbons (Fsp3) is 0.244. The van der Waals surface area contributed by atoms with E-state index in [1.807, 2.05) is 18.2 Å². The Balaban J connectivity index is 1.50. The van der Waals surface area contributed by atoms with Gasteiger partial charge in [0.05, 0.1) is 5.69 Å². The quantitative estimate of drug-likeness (QED) is 0.194. The van der Waals surface area contributed by atoms with Gasteiger partial charge in [-0.25, -0.2) is 0 Å². The normalized spacial score (nSPS) is 13.6. The molecule has 2 aromatic heterocycles. The van der Waals surface area contributed by atoms with E-state index in [0.29, 0.717) is 11.6 Å². The third-order valence-electron chi connectivity index (χ3n) is 8.94. The topological polar surface area (TPSA) is 26.0 Å². The summed E-state index contributed by atoms with van der Waals surface area (Å²) in [5.41, 5.74) is 8.71. The number of pyridine rings is 1. The van der Waals surface area contributed by atoms with E-state index in [4.69, 9.17) is 13.5 Å². The summed E-state index contributed by atoms with van der Waals surface area (Å²) in [5.74, 6) is 0.770. The van der Waals surface area contributed by atoms with Gasteiger partial charge in [0.2, 0.25) is 0 Å². The van der Waals surface area contributed by atoms with Gasteiger partial charge in [-0.2, -0.15) is 0 Å². The highest BCUT2D eigenvalue weighted by molar-refractivity contribution is 6.17. The molecule has 0 aliphatic rings. The Kier molecular flexibility index (Phi) is 5.81. The molecular weight excluding hydrogens is 522 g/mol. The van der Waals surface area contributed by atoms with Crippen LogP contribution in [0.4, 0.5) is 0 Å². The van der Waals surface area contributed by atoms with Gasteiger partial charge in [-0.3, -0.25) is 4.98 Å². The van der Waals surface area contributed by atoms with Gasteiger partial charge in [-0.15, -0.1) is 0 Å². The van der Waals surface area contributed by atoms with E-state index >= 15 is 0 Å². The molecule has 0 unspecified atom stereocenters. The number of hydrogen-bond donors (Lipinski definition) is 0. The smallest absolute Gasteiger partial charge is 0.144 e. The molecule has 7 aromatic rings. The lowest BCUT2D eigenvalue weighted by molar-refractivity contribution is 0.670. The fourth-order valence-corrected chi connectivity index (χ4v) is 6.58. The van der Waals surface area contributed by atoms with Crippen LogP contribution < -0.4 is 0 Å². The standard InChI is InChI=1S/C41H39NO/c1-23(2)29-18-33(24(3)4)40(34(19-29)25(5)6)35-20-38(42-22-26(35)7)32-14-10-13-31-37-17-28-16-15-27-11-8-9-12-30(27)36(28)21-39(37)43-41(31)32/h8-25H,1-7H3/i7D3.